The van der Waals surface area contributed by atoms with Crippen molar-refractivity contribution in [2.75, 3.05) is 11.4 Å². The molecule has 1 aliphatic rings. The molecule has 1 aromatic rings. The van der Waals surface area contributed by atoms with Crippen molar-refractivity contribution in [1.29, 1.82) is 0 Å². The predicted octanol–water partition coefficient (Wildman–Crippen LogP) is 2.74. The van der Waals surface area contributed by atoms with Gasteiger partial charge >= 0.3 is 0 Å². The molecule has 1 atom stereocenters. The van der Waals surface area contributed by atoms with Gasteiger partial charge in [0.05, 0.1) is 10.6 Å². The highest BCUT2D eigenvalue weighted by atomic mass is 127. The van der Waals surface area contributed by atoms with Gasteiger partial charge in [-0.2, -0.15) is 0 Å². The molecule has 0 saturated carbocycles. The number of nitro benzene ring substituents is 1. The number of nitro groups is 1. The van der Waals surface area contributed by atoms with Gasteiger partial charge in [-0.05, 0) is 28.7 Å². The van der Waals surface area contributed by atoms with E-state index in [1.807, 2.05) is 22.6 Å². The van der Waals surface area contributed by atoms with Crippen LogP contribution in [-0.4, -0.2) is 17.4 Å². The highest BCUT2D eigenvalue weighted by Crippen LogP contribution is 2.31. The number of benzene rings is 1. The number of carbonyl (C=O) groups is 1. The van der Waals surface area contributed by atoms with E-state index in [0.717, 1.165) is 5.69 Å². The summed E-state index contributed by atoms with van der Waals surface area (Å²) in [7, 11) is 0. The molecule has 1 fully saturated rings. The molecule has 94 valence electrons. The van der Waals surface area contributed by atoms with Crippen molar-refractivity contribution >= 4 is 39.9 Å². The number of anilines is 1. The van der Waals surface area contributed by atoms with Crippen molar-refractivity contribution in [3.63, 3.8) is 0 Å². The zero-order chi connectivity index (χ0) is 13.3. The summed E-state index contributed by atoms with van der Waals surface area (Å²) in [5, 5.41) is 10.7. The molecule has 0 bridgehead atoms. The minimum Gasteiger partial charge on any atom is -0.311 e. The van der Waals surface area contributed by atoms with Crippen molar-refractivity contribution < 1.29 is 9.72 Å². The molecule has 0 aromatic heterocycles. The van der Waals surface area contributed by atoms with E-state index < -0.39 is 4.92 Å². The zero-order valence-corrected chi connectivity index (χ0v) is 11.7. The molecule has 1 heterocycles. The first-order valence-corrected chi connectivity index (χ1v) is 6.47. The van der Waals surface area contributed by atoms with Crippen LogP contribution in [0.2, 0.25) is 0 Å². The second-order valence-corrected chi connectivity index (χ2v) is 5.26. The number of amides is 1. The topological polar surface area (TPSA) is 63.5 Å². The Hall–Kier alpha value is -1.44. The average Bonchev–Trinajstić information content (AvgIpc) is 2.70. The third-order valence-electron chi connectivity index (χ3n) is 2.92. The summed E-state index contributed by atoms with van der Waals surface area (Å²) in [4.78, 5) is 23.7. The molecule has 0 N–H and O–H groups in total. The van der Waals surface area contributed by atoms with Crippen LogP contribution in [0.25, 0.3) is 0 Å². The molecule has 1 unspecified atom stereocenters. The van der Waals surface area contributed by atoms with Crippen molar-refractivity contribution in [1.82, 2.24) is 0 Å². The van der Waals surface area contributed by atoms with Crippen LogP contribution in [0.5, 0.6) is 0 Å². The normalized spacial score (nSPS) is 19.1. The van der Waals surface area contributed by atoms with E-state index >= 15 is 0 Å². The Morgan fingerprint density at radius 1 is 1.56 bits per heavy atom. The third kappa shape index (κ3) is 2.38. The van der Waals surface area contributed by atoms with Gasteiger partial charge in [0.15, 0.2) is 0 Å². The minimum absolute atomic E-state index is 0.0340. The number of hydrogen-bond acceptors (Lipinski definition) is 3. The van der Waals surface area contributed by atoms with Crippen LogP contribution in [0, 0.1) is 19.6 Å². The van der Waals surface area contributed by atoms with Gasteiger partial charge in [-0.25, -0.2) is 0 Å². The minimum atomic E-state index is -0.440. The summed E-state index contributed by atoms with van der Waals surface area (Å²) in [5.41, 5.74) is 0.769. The van der Waals surface area contributed by atoms with Crippen molar-refractivity contribution in [3.8, 4) is 0 Å². The Balaban J connectivity index is 2.32. The number of hydrogen-bond donors (Lipinski definition) is 0. The van der Waals surface area contributed by atoms with Crippen LogP contribution in [0.15, 0.2) is 30.9 Å². The maximum atomic E-state index is 11.9. The van der Waals surface area contributed by atoms with Gasteiger partial charge in [0.2, 0.25) is 5.91 Å². The predicted molar refractivity (Wildman–Crippen MR) is 76.5 cm³/mol. The van der Waals surface area contributed by atoms with Gasteiger partial charge in [0.1, 0.15) is 0 Å². The molecule has 1 amide bonds. The van der Waals surface area contributed by atoms with Gasteiger partial charge in [0.25, 0.3) is 5.69 Å². The summed E-state index contributed by atoms with van der Waals surface area (Å²) in [6, 6.07) is 4.53. The van der Waals surface area contributed by atoms with E-state index in [1.165, 1.54) is 12.1 Å². The summed E-state index contributed by atoms with van der Waals surface area (Å²) in [6.45, 7) is 4.29. The lowest BCUT2D eigenvalue weighted by Crippen LogP contribution is -2.25. The largest absolute Gasteiger partial charge is 0.311 e. The van der Waals surface area contributed by atoms with Gasteiger partial charge in [-0.15, -0.1) is 6.58 Å². The van der Waals surface area contributed by atoms with Crippen LogP contribution < -0.4 is 4.90 Å². The summed E-state index contributed by atoms with van der Waals surface area (Å²) < 4.78 is 0.708. The fourth-order valence-electron chi connectivity index (χ4n) is 1.95. The third-order valence-corrected chi connectivity index (χ3v) is 3.79. The molecule has 6 heteroatoms. The quantitative estimate of drug-likeness (QED) is 0.361. The second kappa shape index (κ2) is 5.05. The van der Waals surface area contributed by atoms with Gasteiger partial charge < -0.3 is 4.90 Å². The standard InChI is InChI=1S/C12H11IN2O3/c1-2-8-5-12(16)14(7-8)11-4-3-9(15(17)18)6-10(11)13/h2-4,6,8H,1,5,7H2. The molecule has 2 rings (SSSR count). The Kier molecular flexibility index (Phi) is 3.65. The molecule has 0 radical (unpaired) electrons. The Bertz CT molecular complexity index is 530. The smallest absolute Gasteiger partial charge is 0.270 e. The van der Waals surface area contributed by atoms with E-state index in [2.05, 4.69) is 6.58 Å². The number of non-ortho nitro benzene ring substituents is 1. The first-order chi connectivity index (χ1) is 8.52. The molecule has 0 spiro atoms. The Labute approximate surface area is 118 Å². The van der Waals surface area contributed by atoms with Gasteiger partial charge in [-0.1, -0.05) is 6.08 Å². The zero-order valence-electron chi connectivity index (χ0n) is 9.51. The first-order valence-electron chi connectivity index (χ1n) is 5.39. The highest BCUT2D eigenvalue weighted by Gasteiger charge is 2.30. The summed E-state index contributed by atoms with van der Waals surface area (Å²) >= 11 is 2.01. The van der Waals surface area contributed by atoms with Crippen LogP contribution >= 0.6 is 22.6 Å². The maximum Gasteiger partial charge on any atom is 0.270 e. The van der Waals surface area contributed by atoms with Gasteiger partial charge in [0, 0.05) is 34.6 Å². The molecule has 5 nitrogen and oxygen atoms in total. The second-order valence-electron chi connectivity index (χ2n) is 4.10. The van der Waals surface area contributed by atoms with Crippen LogP contribution in [0.3, 0.4) is 0 Å². The lowest BCUT2D eigenvalue weighted by molar-refractivity contribution is -0.384. The molecule has 1 aliphatic heterocycles. The highest BCUT2D eigenvalue weighted by molar-refractivity contribution is 14.1. The SMILES string of the molecule is C=CC1CC(=O)N(c2ccc([N+](=O)[O-])cc2I)C1. The fraction of sp³-hybridized carbons (Fsp3) is 0.250. The van der Waals surface area contributed by atoms with Crippen LogP contribution in [0.1, 0.15) is 6.42 Å². The summed E-state index contributed by atoms with van der Waals surface area (Å²) in [6.07, 6.45) is 2.23. The molecular formula is C12H11IN2O3. The molecular weight excluding hydrogens is 347 g/mol. The van der Waals surface area contributed by atoms with E-state index in [4.69, 9.17) is 0 Å². The lowest BCUT2D eigenvalue weighted by atomic mass is 10.1. The monoisotopic (exact) mass is 358 g/mol. The van der Waals surface area contributed by atoms with E-state index in [0.29, 0.717) is 16.5 Å². The summed E-state index contributed by atoms with van der Waals surface area (Å²) in [5.74, 6) is 0.190. The van der Waals surface area contributed by atoms with Crippen molar-refractivity contribution in [2.24, 2.45) is 5.92 Å². The Morgan fingerprint density at radius 2 is 2.28 bits per heavy atom. The number of nitrogens with zero attached hydrogens (tertiary/aromatic N) is 2. The molecule has 0 aliphatic carbocycles. The number of rotatable bonds is 3. The average molecular weight is 358 g/mol. The molecule has 1 aromatic carbocycles. The van der Waals surface area contributed by atoms with E-state index in [-0.39, 0.29) is 17.5 Å². The van der Waals surface area contributed by atoms with Crippen molar-refractivity contribution in [3.05, 3.63) is 44.5 Å². The van der Waals surface area contributed by atoms with Crippen molar-refractivity contribution in [2.45, 2.75) is 6.42 Å². The lowest BCUT2D eigenvalue weighted by Gasteiger charge is -2.17. The maximum absolute atomic E-state index is 11.9. The van der Waals surface area contributed by atoms with Crippen LogP contribution in [0.4, 0.5) is 11.4 Å². The fourth-order valence-corrected chi connectivity index (χ4v) is 2.74. The van der Waals surface area contributed by atoms with E-state index in [9.17, 15) is 14.9 Å². The van der Waals surface area contributed by atoms with E-state index in [1.54, 1.807) is 17.0 Å². The number of carbonyl (C=O) groups excluding carboxylic acids is 1. The van der Waals surface area contributed by atoms with Gasteiger partial charge in [-0.3, -0.25) is 14.9 Å². The van der Waals surface area contributed by atoms with Crippen LogP contribution in [-0.2, 0) is 4.79 Å². The Morgan fingerprint density at radius 3 is 2.78 bits per heavy atom. The molecule has 18 heavy (non-hydrogen) atoms. The first kappa shape index (κ1) is 13.0. The number of halogens is 1. The molecule has 1 saturated heterocycles.